The first-order chi connectivity index (χ1) is 8.09. The highest BCUT2D eigenvalue weighted by Gasteiger charge is 2.22. The van der Waals surface area contributed by atoms with Gasteiger partial charge in [-0.1, -0.05) is 6.92 Å². The van der Waals surface area contributed by atoms with E-state index < -0.39 is 0 Å². The van der Waals surface area contributed by atoms with Gasteiger partial charge in [0.1, 0.15) is 0 Å². The first-order valence-electron chi connectivity index (χ1n) is 6.83. The predicted octanol–water partition coefficient (Wildman–Crippen LogP) is 0.977. The Kier molecular flexibility index (Phi) is 6.41. The quantitative estimate of drug-likeness (QED) is 0.731. The van der Waals surface area contributed by atoms with Crippen molar-refractivity contribution in [3.8, 4) is 0 Å². The van der Waals surface area contributed by atoms with Crippen LogP contribution < -0.4 is 5.73 Å². The SMILES string of the molecule is CCC(N)(CO)CCCN1CCCOC(C)C1. The normalized spacial score (nSPS) is 26.5. The maximum Gasteiger partial charge on any atom is 0.0673 e. The van der Waals surface area contributed by atoms with E-state index in [0.717, 1.165) is 51.9 Å². The molecule has 0 aromatic heterocycles. The molecule has 1 aliphatic rings. The van der Waals surface area contributed by atoms with Crippen LogP contribution >= 0.6 is 0 Å². The second-order valence-electron chi connectivity index (χ2n) is 5.31. The Morgan fingerprint density at radius 3 is 2.94 bits per heavy atom. The van der Waals surface area contributed by atoms with Gasteiger partial charge in [0.05, 0.1) is 12.7 Å². The number of aliphatic hydroxyl groups is 1. The Labute approximate surface area is 105 Å². The molecule has 0 spiro atoms. The topological polar surface area (TPSA) is 58.7 Å². The highest BCUT2D eigenvalue weighted by Crippen LogP contribution is 2.14. The van der Waals surface area contributed by atoms with Gasteiger partial charge in [-0.25, -0.2) is 0 Å². The van der Waals surface area contributed by atoms with Crippen molar-refractivity contribution in [2.75, 3.05) is 32.8 Å². The maximum atomic E-state index is 9.25. The average molecular weight is 244 g/mol. The summed E-state index contributed by atoms with van der Waals surface area (Å²) >= 11 is 0. The third-order valence-electron chi connectivity index (χ3n) is 3.70. The number of aliphatic hydroxyl groups excluding tert-OH is 1. The van der Waals surface area contributed by atoms with E-state index in [9.17, 15) is 5.11 Å². The van der Waals surface area contributed by atoms with Crippen LogP contribution in [0.2, 0.25) is 0 Å². The summed E-state index contributed by atoms with van der Waals surface area (Å²) in [6, 6.07) is 0. The molecular formula is C13H28N2O2. The molecule has 1 aliphatic heterocycles. The van der Waals surface area contributed by atoms with Crippen molar-refractivity contribution in [2.24, 2.45) is 5.73 Å². The molecule has 0 aromatic carbocycles. The zero-order valence-corrected chi connectivity index (χ0v) is 11.3. The summed E-state index contributed by atoms with van der Waals surface area (Å²) in [6.07, 6.45) is 4.24. The van der Waals surface area contributed by atoms with E-state index in [1.807, 2.05) is 6.92 Å². The minimum Gasteiger partial charge on any atom is -0.394 e. The molecule has 0 amide bonds. The summed E-state index contributed by atoms with van der Waals surface area (Å²) in [7, 11) is 0. The number of nitrogens with zero attached hydrogens (tertiary/aromatic N) is 1. The molecular weight excluding hydrogens is 216 g/mol. The van der Waals surface area contributed by atoms with Gasteiger partial charge < -0.3 is 20.5 Å². The summed E-state index contributed by atoms with van der Waals surface area (Å²) < 4.78 is 5.62. The predicted molar refractivity (Wildman–Crippen MR) is 70.0 cm³/mol. The molecule has 4 heteroatoms. The maximum absolute atomic E-state index is 9.25. The Balaban J connectivity index is 2.25. The zero-order chi connectivity index (χ0) is 12.7. The van der Waals surface area contributed by atoms with Crippen molar-refractivity contribution in [3.63, 3.8) is 0 Å². The molecule has 3 N–H and O–H groups in total. The number of nitrogens with two attached hydrogens (primary N) is 1. The summed E-state index contributed by atoms with van der Waals surface area (Å²) in [6.45, 7) is 8.33. The van der Waals surface area contributed by atoms with Crippen LogP contribution in [0.5, 0.6) is 0 Å². The fourth-order valence-corrected chi connectivity index (χ4v) is 2.31. The molecule has 0 aliphatic carbocycles. The van der Waals surface area contributed by atoms with E-state index in [1.54, 1.807) is 0 Å². The molecule has 1 saturated heterocycles. The lowest BCUT2D eigenvalue weighted by molar-refractivity contribution is 0.0670. The molecule has 0 radical (unpaired) electrons. The van der Waals surface area contributed by atoms with E-state index in [1.165, 1.54) is 0 Å². The van der Waals surface area contributed by atoms with Gasteiger partial charge in [0.25, 0.3) is 0 Å². The monoisotopic (exact) mass is 244 g/mol. The lowest BCUT2D eigenvalue weighted by atomic mass is 9.92. The van der Waals surface area contributed by atoms with Crippen molar-refractivity contribution in [2.45, 2.75) is 51.2 Å². The van der Waals surface area contributed by atoms with Crippen molar-refractivity contribution in [1.82, 2.24) is 4.90 Å². The summed E-state index contributed by atoms with van der Waals surface area (Å²) in [5.74, 6) is 0. The second kappa shape index (κ2) is 7.31. The fraction of sp³-hybridized carbons (Fsp3) is 1.00. The molecule has 1 rings (SSSR count). The van der Waals surface area contributed by atoms with Gasteiger partial charge in [-0.15, -0.1) is 0 Å². The molecule has 1 heterocycles. The molecule has 102 valence electrons. The lowest BCUT2D eigenvalue weighted by Gasteiger charge is -2.28. The first-order valence-corrected chi connectivity index (χ1v) is 6.83. The summed E-state index contributed by atoms with van der Waals surface area (Å²) in [4.78, 5) is 2.45. The van der Waals surface area contributed by atoms with E-state index in [-0.39, 0.29) is 12.1 Å². The Morgan fingerprint density at radius 1 is 1.53 bits per heavy atom. The highest BCUT2D eigenvalue weighted by molar-refractivity contribution is 4.82. The van der Waals surface area contributed by atoms with E-state index in [0.29, 0.717) is 6.10 Å². The smallest absolute Gasteiger partial charge is 0.0673 e. The Hall–Kier alpha value is -0.160. The van der Waals surface area contributed by atoms with Gasteiger partial charge >= 0.3 is 0 Å². The molecule has 1 fully saturated rings. The van der Waals surface area contributed by atoms with Gasteiger partial charge in [-0.05, 0) is 39.2 Å². The van der Waals surface area contributed by atoms with Crippen molar-refractivity contribution < 1.29 is 9.84 Å². The minimum absolute atomic E-state index is 0.0863. The Bertz CT molecular complexity index is 208. The number of rotatable bonds is 6. The summed E-state index contributed by atoms with van der Waals surface area (Å²) in [5.41, 5.74) is 5.70. The molecule has 0 aromatic rings. The van der Waals surface area contributed by atoms with Crippen LogP contribution in [0.15, 0.2) is 0 Å². The van der Waals surface area contributed by atoms with Crippen molar-refractivity contribution in [3.05, 3.63) is 0 Å². The minimum atomic E-state index is -0.381. The van der Waals surface area contributed by atoms with Gasteiger partial charge in [0.15, 0.2) is 0 Å². The molecule has 0 saturated carbocycles. The van der Waals surface area contributed by atoms with Gasteiger partial charge in [0.2, 0.25) is 0 Å². The molecule has 4 nitrogen and oxygen atoms in total. The Morgan fingerprint density at radius 2 is 2.29 bits per heavy atom. The number of ether oxygens (including phenoxy) is 1. The van der Waals surface area contributed by atoms with Crippen LogP contribution in [0, 0.1) is 0 Å². The molecule has 0 bridgehead atoms. The third-order valence-corrected chi connectivity index (χ3v) is 3.70. The van der Waals surface area contributed by atoms with Crippen LogP contribution in [-0.2, 0) is 4.74 Å². The standard InChI is InChI=1S/C13H28N2O2/c1-3-13(14,11-16)6-4-7-15-8-5-9-17-12(2)10-15/h12,16H,3-11,14H2,1-2H3. The zero-order valence-electron chi connectivity index (χ0n) is 11.3. The number of hydrogen-bond acceptors (Lipinski definition) is 4. The fourth-order valence-electron chi connectivity index (χ4n) is 2.31. The van der Waals surface area contributed by atoms with Gasteiger partial charge in [-0.3, -0.25) is 0 Å². The molecule has 2 atom stereocenters. The largest absolute Gasteiger partial charge is 0.394 e. The van der Waals surface area contributed by atoms with Crippen molar-refractivity contribution >= 4 is 0 Å². The van der Waals surface area contributed by atoms with Crippen LogP contribution in [-0.4, -0.2) is 54.5 Å². The van der Waals surface area contributed by atoms with E-state index >= 15 is 0 Å². The lowest BCUT2D eigenvalue weighted by Crippen LogP contribution is -2.43. The van der Waals surface area contributed by atoms with Crippen LogP contribution in [0.25, 0.3) is 0 Å². The molecule has 2 unspecified atom stereocenters. The van der Waals surface area contributed by atoms with Crippen LogP contribution in [0.1, 0.15) is 39.5 Å². The van der Waals surface area contributed by atoms with E-state index in [2.05, 4.69) is 11.8 Å². The third kappa shape index (κ3) is 5.34. The van der Waals surface area contributed by atoms with Crippen molar-refractivity contribution in [1.29, 1.82) is 0 Å². The molecule has 17 heavy (non-hydrogen) atoms. The summed E-state index contributed by atoms with van der Waals surface area (Å²) in [5, 5.41) is 9.25. The highest BCUT2D eigenvalue weighted by atomic mass is 16.5. The van der Waals surface area contributed by atoms with Gasteiger partial charge in [0, 0.05) is 25.2 Å². The number of hydrogen-bond donors (Lipinski definition) is 2. The average Bonchev–Trinajstić information content (AvgIpc) is 2.53. The van der Waals surface area contributed by atoms with Crippen LogP contribution in [0.3, 0.4) is 0 Å². The second-order valence-corrected chi connectivity index (χ2v) is 5.31. The van der Waals surface area contributed by atoms with E-state index in [4.69, 9.17) is 10.5 Å². The first kappa shape index (κ1) is 14.9. The van der Waals surface area contributed by atoms with Gasteiger partial charge in [-0.2, -0.15) is 0 Å². The van der Waals surface area contributed by atoms with Crippen LogP contribution in [0.4, 0.5) is 0 Å².